The molecule has 0 aliphatic rings. The zero-order valence-electron chi connectivity index (χ0n) is 17.7. The molecule has 1 atom stereocenters. The van der Waals surface area contributed by atoms with Gasteiger partial charge >= 0.3 is 0 Å². The van der Waals surface area contributed by atoms with E-state index in [-0.39, 0.29) is 18.2 Å². The van der Waals surface area contributed by atoms with Gasteiger partial charge in [-0.15, -0.1) is 0 Å². The molecule has 0 saturated heterocycles. The van der Waals surface area contributed by atoms with Gasteiger partial charge in [-0.3, -0.25) is 9.59 Å². The van der Waals surface area contributed by atoms with Crippen LogP contribution < -0.4 is 5.32 Å². The van der Waals surface area contributed by atoms with Gasteiger partial charge in [0.1, 0.15) is 11.9 Å². The molecule has 2 rings (SSSR count). The first-order valence-corrected chi connectivity index (χ1v) is 10.2. The van der Waals surface area contributed by atoms with Crippen LogP contribution in [0.15, 0.2) is 48.5 Å². The molecule has 1 N–H and O–H groups in total. The van der Waals surface area contributed by atoms with Crippen molar-refractivity contribution in [3.05, 3.63) is 71.0 Å². The molecule has 0 bridgehead atoms. The summed E-state index contributed by atoms with van der Waals surface area (Å²) in [5, 5.41) is 2.93. The van der Waals surface area contributed by atoms with Crippen molar-refractivity contribution >= 4 is 11.8 Å². The van der Waals surface area contributed by atoms with Crippen LogP contribution in [0.5, 0.6) is 0 Å². The van der Waals surface area contributed by atoms with Crippen LogP contribution in [-0.2, 0) is 22.6 Å². The first kappa shape index (κ1) is 22.6. The number of amides is 2. The molecule has 0 unspecified atom stereocenters. The minimum Gasteiger partial charge on any atom is -0.354 e. The molecule has 0 radical (unpaired) electrons. The number of nitrogens with zero attached hydrogens (tertiary/aromatic N) is 1. The van der Waals surface area contributed by atoms with E-state index in [1.54, 1.807) is 23.1 Å². The molecule has 0 aliphatic carbocycles. The van der Waals surface area contributed by atoms with E-state index in [2.05, 4.69) is 5.32 Å². The van der Waals surface area contributed by atoms with Gasteiger partial charge in [0.25, 0.3) is 0 Å². The van der Waals surface area contributed by atoms with E-state index >= 15 is 0 Å². The number of nitrogens with one attached hydrogen (secondary N) is 1. The Kier molecular flexibility index (Phi) is 8.37. The number of carbonyl (C=O) groups is 2. The average molecular weight is 399 g/mol. The molecule has 0 saturated carbocycles. The summed E-state index contributed by atoms with van der Waals surface area (Å²) in [5.74, 6) is -0.526. The van der Waals surface area contributed by atoms with Crippen molar-refractivity contribution in [1.29, 1.82) is 0 Å². The van der Waals surface area contributed by atoms with Crippen molar-refractivity contribution in [3.63, 3.8) is 0 Å². The van der Waals surface area contributed by atoms with Gasteiger partial charge in [-0.1, -0.05) is 68.8 Å². The summed E-state index contributed by atoms with van der Waals surface area (Å²) < 4.78 is 14.1. The molecule has 0 aromatic heterocycles. The van der Waals surface area contributed by atoms with Crippen LogP contribution in [0.2, 0.25) is 0 Å². The third-order valence-electron chi connectivity index (χ3n) is 4.84. The maximum atomic E-state index is 14.1. The molecular formula is C24H31FN2O2. The molecule has 0 aliphatic heterocycles. The van der Waals surface area contributed by atoms with Crippen molar-refractivity contribution in [1.82, 2.24) is 10.2 Å². The van der Waals surface area contributed by atoms with E-state index < -0.39 is 11.9 Å². The highest BCUT2D eigenvalue weighted by atomic mass is 19.1. The molecule has 2 aromatic carbocycles. The SMILES string of the molecule is CC[C@@H](C(=O)NCC(C)C)N(Cc1ccc(C)cc1)C(=O)Cc1ccccc1F. The van der Waals surface area contributed by atoms with Crippen molar-refractivity contribution in [2.24, 2.45) is 5.92 Å². The Morgan fingerprint density at radius 1 is 1.07 bits per heavy atom. The molecular weight excluding hydrogens is 367 g/mol. The third-order valence-corrected chi connectivity index (χ3v) is 4.84. The average Bonchev–Trinajstić information content (AvgIpc) is 2.69. The van der Waals surface area contributed by atoms with Gasteiger partial charge in [0.05, 0.1) is 6.42 Å². The van der Waals surface area contributed by atoms with Crippen molar-refractivity contribution in [2.45, 2.75) is 53.1 Å². The van der Waals surface area contributed by atoms with Crippen LogP contribution in [0.4, 0.5) is 4.39 Å². The van der Waals surface area contributed by atoms with Gasteiger partial charge in [-0.05, 0) is 36.5 Å². The minimum absolute atomic E-state index is 0.0769. The number of aryl methyl sites for hydroxylation is 1. The molecule has 0 fully saturated rings. The maximum absolute atomic E-state index is 14.1. The lowest BCUT2D eigenvalue weighted by Crippen LogP contribution is -2.50. The Morgan fingerprint density at radius 2 is 1.72 bits per heavy atom. The van der Waals surface area contributed by atoms with Gasteiger partial charge < -0.3 is 10.2 Å². The van der Waals surface area contributed by atoms with Crippen LogP contribution in [0.1, 0.15) is 43.9 Å². The van der Waals surface area contributed by atoms with Gasteiger partial charge in [0.15, 0.2) is 0 Å². The highest BCUT2D eigenvalue weighted by Gasteiger charge is 2.29. The topological polar surface area (TPSA) is 49.4 Å². The lowest BCUT2D eigenvalue weighted by molar-refractivity contribution is -0.141. The van der Waals surface area contributed by atoms with Crippen LogP contribution in [0, 0.1) is 18.7 Å². The first-order valence-electron chi connectivity index (χ1n) is 10.2. The summed E-state index contributed by atoms with van der Waals surface area (Å²) in [4.78, 5) is 27.5. The molecule has 2 amide bonds. The Bertz CT molecular complexity index is 818. The summed E-state index contributed by atoms with van der Waals surface area (Å²) in [6.45, 7) is 8.79. The van der Waals surface area contributed by atoms with Crippen molar-refractivity contribution in [2.75, 3.05) is 6.54 Å². The highest BCUT2D eigenvalue weighted by Crippen LogP contribution is 2.16. The fraction of sp³-hybridized carbons (Fsp3) is 0.417. The highest BCUT2D eigenvalue weighted by molar-refractivity contribution is 5.88. The number of benzene rings is 2. The van der Waals surface area contributed by atoms with E-state index in [0.717, 1.165) is 11.1 Å². The Morgan fingerprint density at radius 3 is 2.31 bits per heavy atom. The molecule has 2 aromatic rings. The van der Waals surface area contributed by atoms with E-state index in [1.165, 1.54) is 6.07 Å². The zero-order chi connectivity index (χ0) is 21.4. The van der Waals surface area contributed by atoms with Crippen LogP contribution in [0.25, 0.3) is 0 Å². The molecule has 4 nitrogen and oxygen atoms in total. The van der Waals surface area contributed by atoms with E-state index in [1.807, 2.05) is 52.0 Å². The number of rotatable bonds is 9. The number of halogens is 1. The Labute approximate surface area is 173 Å². The van der Waals surface area contributed by atoms with Gasteiger partial charge in [0, 0.05) is 13.1 Å². The number of hydrogen-bond acceptors (Lipinski definition) is 2. The van der Waals surface area contributed by atoms with Crippen LogP contribution >= 0.6 is 0 Å². The van der Waals surface area contributed by atoms with Gasteiger partial charge in [-0.25, -0.2) is 4.39 Å². The third kappa shape index (κ3) is 6.70. The van der Waals surface area contributed by atoms with Crippen LogP contribution in [-0.4, -0.2) is 29.3 Å². The lowest BCUT2D eigenvalue weighted by atomic mass is 10.1. The van der Waals surface area contributed by atoms with E-state index in [9.17, 15) is 14.0 Å². The molecule has 156 valence electrons. The molecule has 29 heavy (non-hydrogen) atoms. The zero-order valence-corrected chi connectivity index (χ0v) is 17.7. The summed E-state index contributed by atoms with van der Waals surface area (Å²) >= 11 is 0. The first-order chi connectivity index (χ1) is 13.8. The second-order valence-corrected chi connectivity index (χ2v) is 7.84. The van der Waals surface area contributed by atoms with Crippen molar-refractivity contribution in [3.8, 4) is 0 Å². The number of carbonyl (C=O) groups excluding carboxylic acids is 2. The summed E-state index contributed by atoms with van der Waals surface area (Å²) in [7, 11) is 0. The Hall–Kier alpha value is -2.69. The second kappa shape index (κ2) is 10.7. The quantitative estimate of drug-likeness (QED) is 0.686. The largest absolute Gasteiger partial charge is 0.354 e. The van der Waals surface area contributed by atoms with Gasteiger partial charge in [-0.2, -0.15) is 0 Å². The predicted molar refractivity (Wildman–Crippen MR) is 114 cm³/mol. The van der Waals surface area contributed by atoms with Crippen molar-refractivity contribution < 1.29 is 14.0 Å². The molecule has 0 heterocycles. The molecule has 5 heteroatoms. The van der Waals surface area contributed by atoms with E-state index in [4.69, 9.17) is 0 Å². The fourth-order valence-corrected chi connectivity index (χ4v) is 3.14. The lowest BCUT2D eigenvalue weighted by Gasteiger charge is -2.31. The standard InChI is InChI=1S/C24H31FN2O2/c1-5-22(24(29)26-15-17(2)3)27(16-19-12-10-18(4)11-13-19)23(28)14-20-8-6-7-9-21(20)25/h6-13,17,22H,5,14-16H2,1-4H3,(H,26,29)/t22-/m0/s1. The molecule has 0 spiro atoms. The van der Waals surface area contributed by atoms with Gasteiger partial charge in [0.2, 0.25) is 11.8 Å². The summed E-state index contributed by atoms with van der Waals surface area (Å²) in [6, 6.07) is 13.5. The van der Waals surface area contributed by atoms with E-state index in [0.29, 0.717) is 31.0 Å². The predicted octanol–water partition coefficient (Wildman–Crippen LogP) is 4.26. The summed E-state index contributed by atoms with van der Waals surface area (Å²) in [5.41, 5.74) is 2.40. The monoisotopic (exact) mass is 398 g/mol. The second-order valence-electron chi connectivity index (χ2n) is 7.84. The normalized spacial score (nSPS) is 11.9. The summed E-state index contributed by atoms with van der Waals surface area (Å²) in [6.07, 6.45) is 0.408. The smallest absolute Gasteiger partial charge is 0.242 e. The fourth-order valence-electron chi connectivity index (χ4n) is 3.14. The Balaban J connectivity index is 2.27. The maximum Gasteiger partial charge on any atom is 0.242 e. The number of hydrogen-bond donors (Lipinski definition) is 1. The van der Waals surface area contributed by atoms with Crippen LogP contribution in [0.3, 0.4) is 0 Å². The minimum atomic E-state index is -0.602.